The Morgan fingerprint density at radius 1 is 0.892 bits per heavy atom. The van der Waals surface area contributed by atoms with E-state index in [9.17, 15) is 4.79 Å². The van der Waals surface area contributed by atoms with E-state index in [4.69, 9.17) is 9.73 Å². The molecule has 0 saturated heterocycles. The van der Waals surface area contributed by atoms with Gasteiger partial charge in [-0.2, -0.15) is 0 Å². The third kappa shape index (κ3) is 5.56. The van der Waals surface area contributed by atoms with Crippen LogP contribution in [0.25, 0.3) is 0 Å². The van der Waals surface area contributed by atoms with Gasteiger partial charge in [-0.05, 0) is 86.6 Å². The molecule has 1 saturated carbocycles. The second kappa shape index (κ2) is 10.7. The van der Waals surface area contributed by atoms with Crippen molar-refractivity contribution in [2.45, 2.75) is 71.3 Å². The first kappa shape index (κ1) is 25.4. The van der Waals surface area contributed by atoms with Gasteiger partial charge in [0.1, 0.15) is 17.2 Å². The molecule has 3 aromatic carbocycles. The molecule has 1 fully saturated rings. The second-order valence-electron chi connectivity index (χ2n) is 11.6. The van der Waals surface area contributed by atoms with Crippen molar-refractivity contribution in [3.8, 4) is 11.5 Å². The van der Waals surface area contributed by atoms with Gasteiger partial charge in [-0.25, -0.2) is 0 Å². The predicted octanol–water partition coefficient (Wildman–Crippen LogP) is 8.55. The lowest BCUT2D eigenvalue weighted by atomic mass is 9.63. The zero-order valence-corrected chi connectivity index (χ0v) is 22.6. The molecule has 3 aromatic rings. The first-order chi connectivity index (χ1) is 17.9. The van der Waals surface area contributed by atoms with E-state index in [0.29, 0.717) is 17.5 Å². The first-order valence-corrected chi connectivity index (χ1v) is 13.9. The fourth-order valence-corrected chi connectivity index (χ4v) is 6.94. The molecule has 0 N–H and O–H groups in total. The SMILES string of the molecule is CCC(c1ccc(C)cc1)C1CC2(CC(C)CC(C)C2)N=C(c2cccc(Oc3ccccc3)c2)C1=O. The average Bonchev–Trinajstić information content (AvgIpc) is 2.88. The Morgan fingerprint density at radius 2 is 1.57 bits per heavy atom. The molecule has 1 heterocycles. The van der Waals surface area contributed by atoms with E-state index in [1.165, 1.54) is 17.5 Å². The summed E-state index contributed by atoms with van der Waals surface area (Å²) in [7, 11) is 0. The number of aliphatic imine (C=N–C) groups is 1. The molecule has 0 aromatic heterocycles. The number of ether oxygens (including phenoxy) is 1. The number of ketones is 1. The third-order valence-corrected chi connectivity index (χ3v) is 8.30. The Hall–Kier alpha value is -3.20. The number of nitrogens with zero attached hydrogens (tertiary/aromatic N) is 1. The highest BCUT2D eigenvalue weighted by molar-refractivity contribution is 6.47. The van der Waals surface area contributed by atoms with Crippen LogP contribution in [0.2, 0.25) is 0 Å². The van der Waals surface area contributed by atoms with E-state index in [0.717, 1.165) is 42.7 Å². The Kier molecular flexibility index (Phi) is 7.33. The fraction of sp³-hybridized carbons (Fsp3) is 0.412. The Balaban J connectivity index is 1.55. The summed E-state index contributed by atoms with van der Waals surface area (Å²) in [5, 5.41) is 0. The number of aryl methyl sites for hydroxylation is 1. The van der Waals surface area contributed by atoms with Gasteiger partial charge in [0.25, 0.3) is 0 Å². The largest absolute Gasteiger partial charge is 0.457 e. The summed E-state index contributed by atoms with van der Waals surface area (Å²) in [5.41, 5.74) is 3.84. The molecular formula is C34H39NO2. The lowest BCUT2D eigenvalue weighted by molar-refractivity contribution is -0.119. The zero-order chi connectivity index (χ0) is 26.0. The summed E-state index contributed by atoms with van der Waals surface area (Å²) in [4.78, 5) is 19.6. The molecule has 3 heteroatoms. The van der Waals surface area contributed by atoms with Gasteiger partial charge in [-0.3, -0.25) is 9.79 Å². The number of hydrogen-bond acceptors (Lipinski definition) is 3. The molecule has 2 aliphatic rings. The van der Waals surface area contributed by atoms with Crippen molar-refractivity contribution in [3.63, 3.8) is 0 Å². The lowest BCUT2D eigenvalue weighted by Gasteiger charge is -2.46. The Bertz CT molecular complexity index is 1250. The minimum absolute atomic E-state index is 0.0728. The predicted molar refractivity (Wildman–Crippen MR) is 152 cm³/mol. The molecule has 0 radical (unpaired) electrons. The minimum atomic E-state index is -0.181. The average molecular weight is 494 g/mol. The summed E-state index contributed by atoms with van der Waals surface area (Å²) < 4.78 is 6.13. The number of rotatable bonds is 6. The van der Waals surface area contributed by atoms with Crippen LogP contribution in [0, 0.1) is 24.7 Å². The standard InChI is InChI=1S/C34H39NO2/c1-5-30(26-16-14-23(2)15-17-26)31-22-34(20-24(3)18-25(4)21-34)35-32(33(31)36)27-10-9-13-29(19-27)37-28-11-7-6-8-12-28/h6-17,19,24-25,30-31H,5,18,20-22H2,1-4H3. The summed E-state index contributed by atoms with van der Waals surface area (Å²) in [5.74, 6) is 3.02. The summed E-state index contributed by atoms with van der Waals surface area (Å²) in [6.45, 7) is 9.04. The Morgan fingerprint density at radius 3 is 2.24 bits per heavy atom. The number of carbonyl (C=O) groups is 1. The van der Waals surface area contributed by atoms with Gasteiger partial charge >= 0.3 is 0 Å². The smallest absolute Gasteiger partial charge is 0.185 e. The van der Waals surface area contributed by atoms with E-state index < -0.39 is 0 Å². The van der Waals surface area contributed by atoms with Gasteiger partial charge in [0.15, 0.2) is 5.78 Å². The van der Waals surface area contributed by atoms with Crippen LogP contribution in [-0.4, -0.2) is 17.0 Å². The highest BCUT2D eigenvalue weighted by Crippen LogP contribution is 2.48. The second-order valence-corrected chi connectivity index (χ2v) is 11.6. The number of hydrogen-bond donors (Lipinski definition) is 0. The van der Waals surface area contributed by atoms with Crippen LogP contribution in [0.4, 0.5) is 0 Å². The van der Waals surface area contributed by atoms with Crippen LogP contribution in [0.15, 0.2) is 83.9 Å². The lowest BCUT2D eigenvalue weighted by Crippen LogP contribution is -2.47. The number of para-hydroxylation sites is 1. The van der Waals surface area contributed by atoms with Gasteiger partial charge < -0.3 is 4.74 Å². The van der Waals surface area contributed by atoms with Crippen molar-refractivity contribution in [3.05, 3.63) is 95.6 Å². The molecule has 1 aliphatic carbocycles. The highest BCUT2D eigenvalue weighted by atomic mass is 16.5. The molecule has 4 unspecified atom stereocenters. The monoisotopic (exact) mass is 493 g/mol. The minimum Gasteiger partial charge on any atom is -0.457 e. The zero-order valence-electron chi connectivity index (χ0n) is 22.6. The van der Waals surface area contributed by atoms with E-state index in [1.54, 1.807) is 0 Å². The van der Waals surface area contributed by atoms with Gasteiger partial charge in [0.2, 0.25) is 0 Å². The van der Waals surface area contributed by atoms with Crippen molar-refractivity contribution in [1.29, 1.82) is 0 Å². The topological polar surface area (TPSA) is 38.7 Å². The van der Waals surface area contributed by atoms with Crippen molar-refractivity contribution < 1.29 is 9.53 Å². The molecule has 3 nitrogen and oxygen atoms in total. The van der Waals surface area contributed by atoms with E-state index in [-0.39, 0.29) is 23.2 Å². The molecule has 192 valence electrons. The molecule has 1 spiro atoms. The van der Waals surface area contributed by atoms with Gasteiger partial charge in [-0.15, -0.1) is 0 Å². The molecule has 5 rings (SSSR count). The molecule has 0 amide bonds. The van der Waals surface area contributed by atoms with Gasteiger partial charge in [0, 0.05) is 11.5 Å². The van der Waals surface area contributed by atoms with Crippen molar-refractivity contribution in [2.75, 3.05) is 0 Å². The molecule has 37 heavy (non-hydrogen) atoms. The Labute approximate surface area is 222 Å². The van der Waals surface area contributed by atoms with Crippen LogP contribution in [0.5, 0.6) is 11.5 Å². The first-order valence-electron chi connectivity index (χ1n) is 13.9. The van der Waals surface area contributed by atoms with Crippen LogP contribution in [-0.2, 0) is 4.79 Å². The van der Waals surface area contributed by atoms with Crippen LogP contribution < -0.4 is 4.74 Å². The molecule has 4 atom stereocenters. The van der Waals surface area contributed by atoms with Gasteiger partial charge in [0.05, 0.1) is 5.54 Å². The van der Waals surface area contributed by atoms with Crippen molar-refractivity contribution >= 4 is 11.5 Å². The normalized spacial score (nSPS) is 26.5. The number of benzene rings is 3. The van der Waals surface area contributed by atoms with E-state index in [1.807, 2.05) is 54.6 Å². The maximum Gasteiger partial charge on any atom is 0.185 e. The van der Waals surface area contributed by atoms with Crippen LogP contribution in [0.1, 0.15) is 75.5 Å². The highest BCUT2D eigenvalue weighted by Gasteiger charge is 2.47. The van der Waals surface area contributed by atoms with Crippen molar-refractivity contribution in [2.24, 2.45) is 22.7 Å². The number of carbonyl (C=O) groups excluding carboxylic acids is 1. The number of Topliss-reactive ketones (excluding diaryl/α,β-unsaturated/α-hetero) is 1. The van der Waals surface area contributed by atoms with E-state index >= 15 is 0 Å². The van der Waals surface area contributed by atoms with Crippen molar-refractivity contribution in [1.82, 2.24) is 0 Å². The maximum atomic E-state index is 14.3. The van der Waals surface area contributed by atoms with Gasteiger partial charge in [-0.1, -0.05) is 80.9 Å². The molecule has 1 aliphatic heterocycles. The van der Waals surface area contributed by atoms with Crippen LogP contribution in [0.3, 0.4) is 0 Å². The fourth-order valence-electron chi connectivity index (χ4n) is 6.94. The third-order valence-electron chi connectivity index (χ3n) is 8.30. The maximum absolute atomic E-state index is 14.3. The summed E-state index contributed by atoms with van der Waals surface area (Å²) >= 11 is 0. The summed E-state index contributed by atoms with van der Waals surface area (Å²) in [6.07, 6.45) is 5.12. The quantitative estimate of drug-likeness (QED) is 0.345. The molecular weight excluding hydrogens is 454 g/mol. The van der Waals surface area contributed by atoms with E-state index in [2.05, 4.69) is 52.0 Å². The summed E-state index contributed by atoms with van der Waals surface area (Å²) in [6, 6.07) is 26.5. The van der Waals surface area contributed by atoms with Crippen LogP contribution >= 0.6 is 0 Å². The molecule has 0 bridgehead atoms.